The van der Waals surface area contributed by atoms with Gasteiger partial charge in [0.15, 0.2) is 9.84 Å². The van der Waals surface area contributed by atoms with Gasteiger partial charge in [0, 0.05) is 18.1 Å². The Labute approximate surface area is 95.1 Å². The third-order valence-electron chi connectivity index (χ3n) is 2.53. The van der Waals surface area contributed by atoms with Crippen LogP contribution in [0.4, 0.5) is 0 Å². The average molecular weight is 235 g/mol. The summed E-state index contributed by atoms with van der Waals surface area (Å²) in [6.07, 6.45) is 3.08. The van der Waals surface area contributed by atoms with E-state index in [9.17, 15) is 8.42 Å². The largest absolute Gasteiger partial charge is 0.361 e. The highest BCUT2D eigenvalue weighted by Gasteiger charge is 2.07. The molecule has 1 N–H and O–H groups in total. The number of aryl methyl sites for hydroxylation is 1. The van der Waals surface area contributed by atoms with Gasteiger partial charge >= 0.3 is 0 Å². The lowest BCUT2D eigenvalue weighted by Gasteiger charge is -2.02. The van der Waals surface area contributed by atoms with Crippen molar-refractivity contribution in [1.29, 1.82) is 0 Å². The Bertz CT molecular complexity index is 594. The van der Waals surface area contributed by atoms with E-state index < -0.39 is 9.84 Å². The molecule has 4 heteroatoms. The molecule has 0 aliphatic heterocycles. The lowest BCUT2D eigenvalue weighted by Crippen LogP contribution is -1.96. The molecule has 2 rings (SSSR count). The van der Waals surface area contributed by atoms with Crippen LogP contribution >= 0.6 is 0 Å². The minimum Gasteiger partial charge on any atom is -0.361 e. The number of rotatable bonds is 2. The summed E-state index contributed by atoms with van der Waals surface area (Å²) in [6, 6.07) is 8.88. The zero-order chi connectivity index (χ0) is 11.8. The molecule has 0 saturated heterocycles. The van der Waals surface area contributed by atoms with E-state index in [2.05, 4.69) is 4.98 Å². The van der Waals surface area contributed by atoms with Crippen molar-refractivity contribution in [2.75, 3.05) is 6.26 Å². The number of aromatic amines is 1. The zero-order valence-corrected chi connectivity index (χ0v) is 10.0. The lowest BCUT2D eigenvalue weighted by molar-refractivity contribution is 0.602. The average Bonchev–Trinajstić information content (AvgIpc) is 2.63. The summed E-state index contributed by atoms with van der Waals surface area (Å²) >= 11 is 0. The molecule has 1 heterocycles. The van der Waals surface area contributed by atoms with E-state index in [0.29, 0.717) is 4.90 Å². The number of hydrogen-bond donors (Lipinski definition) is 1. The smallest absolute Gasteiger partial charge is 0.175 e. The SMILES string of the molecule is Cc1cc[nH]c1-c1ccc(S(C)(=O)=O)cc1. The number of nitrogens with one attached hydrogen (secondary N) is 1. The second kappa shape index (κ2) is 3.79. The highest BCUT2D eigenvalue weighted by Crippen LogP contribution is 2.22. The highest BCUT2D eigenvalue weighted by molar-refractivity contribution is 7.90. The molecule has 0 atom stereocenters. The molecule has 84 valence electrons. The minimum atomic E-state index is -3.11. The van der Waals surface area contributed by atoms with Gasteiger partial charge in [-0.1, -0.05) is 12.1 Å². The monoisotopic (exact) mass is 235 g/mol. The Kier molecular flexibility index (Phi) is 2.59. The van der Waals surface area contributed by atoms with Crippen molar-refractivity contribution in [2.24, 2.45) is 0 Å². The van der Waals surface area contributed by atoms with Crippen LogP contribution in [0.25, 0.3) is 11.3 Å². The molecule has 0 spiro atoms. The molecule has 0 amide bonds. The summed E-state index contributed by atoms with van der Waals surface area (Å²) in [7, 11) is -3.11. The Morgan fingerprint density at radius 3 is 2.12 bits per heavy atom. The van der Waals surface area contributed by atoms with E-state index >= 15 is 0 Å². The fourth-order valence-corrected chi connectivity index (χ4v) is 2.26. The summed E-state index contributed by atoms with van der Waals surface area (Å²) in [6.45, 7) is 2.01. The van der Waals surface area contributed by atoms with Gasteiger partial charge in [-0.2, -0.15) is 0 Å². The quantitative estimate of drug-likeness (QED) is 0.869. The predicted molar refractivity (Wildman–Crippen MR) is 64.1 cm³/mol. The molecular formula is C12H13NO2S. The Morgan fingerprint density at radius 2 is 1.69 bits per heavy atom. The van der Waals surface area contributed by atoms with Gasteiger partial charge in [0.25, 0.3) is 0 Å². The van der Waals surface area contributed by atoms with Gasteiger partial charge < -0.3 is 4.98 Å². The van der Waals surface area contributed by atoms with E-state index in [-0.39, 0.29) is 0 Å². The molecule has 0 aliphatic rings. The summed E-state index contributed by atoms with van der Waals surface area (Å²) in [5.41, 5.74) is 3.17. The molecule has 0 aliphatic carbocycles. The molecule has 2 aromatic rings. The standard InChI is InChI=1S/C12H13NO2S/c1-9-7-8-13-12(9)10-3-5-11(6-4-10)16(2,14)15/h3-8,13H,1-2H3. The van der Waals surface area contributed by atoms with Crippen LogP contribution in [0.5, 0.6) is 0 Å². The number of sulfone groups is 1. The van der Waals surface area contributed by atoms with Gasteiger partial charge in [-0.05, 0) is 36.2 Å². The summed E-state index contributed by atoms with van der Waals surface area (Å²) in [5.74, 6) is 0. The van der Waals surface area contributed by atoms with Gasteiger partial charge in [-0.15, -0.1) is 0 Å². The number of benzene rings is 1. The van der Waals surface area contributed by atoms with Crippen LogP contribution in [-0.2, 0) is 9.84 Å². The first-order valence-electron chi connectivity index (χ1n) is 4.93. The first kappa shape index (κ1) is 11.0. The number of aromatic nitrogens is 1. The minimum absolute atomic E-state index is 0.348. The van der Waals surface area contributed by atoms with Crippen LogP contribution in [0.3, 0.4) is 0 Å². The van der Waals surface area contributed by atoms with Crippen molar-refractivity contribution in [2.45, 2.75) is 11.8 Å². The molecule has 0 saturated carbocycles. The van der Waals surface area contributed by atoms with Crippen molar-refractivity contribution in [3.63, 3.8) is 0 Å². The number of hydrogen-bond acceptors (Lipinski definition) is 2. The van der Waals surface area contributed by atoms with Crippen LogP contribution in [-0.4, -0.2) is 19.7 Å². The third kappa shape index (κ3) is 2.02. The molecule has 16 heavy (non-hydrogen) atoms. The van der Waals surface area contributed by atoms with Crippen LogP contribution in [0.2, 0.25) is 0 Å². The van der Waals surface area contributed by atoms with Gasteiger partial charge in [-0.3, -0.25) is 0 Å². The molecule has 1 aromatic carbocycles. The van der Waals surface area contributed by atoms with E-state index in [1.54, 1.807) is 12.1 Å². The van der Waals surface area contributed by atoms with Gasteiger partial charge in [0.05, 0.1) is 4.90 Å². The molecule has 0 fully saturated rings. The normalized spacial score (nSPS) is 11.6. The number of H-pyrrole nitrogens is 1. The van der Waals surface area contributed by atoms with Crippen LogP contribution in [0.15, 0.2) is 41.4 Å². The zero-order valence-electron chi connectivity index (χ0n) is 9.19. The lowest BCUT2D eigenvalue weighted by atomic mass is 10.1. The molecule has 0 bridgehead atoms. The summed E-state index contributed by atoms with van der Waals surface area (Å²) < 4.78 is 22.6. The van der Waals surface area contributed by atoms with E-state index in [4.69, 9.17) is 0 Å². The van der Waals surface area contributed by atoms with Crippen molar-refractivity contribution in [3.8, 4) is 11.3 Å². The van der Waals surface area contributed by atoms with Gasteiger partial charge in [-0.25, -0.2) is 8.42 Å². The van der Waals surface area contributed by atoms with Gasteiger partial charge in [0.1, 0.15) is 0 Å². The first-order valence-corrected chi connectivity index (χ1v) is 6.82. The fourth-order valence-electron chi connectivity index (χ4n) is 1.63. The molecular weight excluding hydrogens is 222 g/mol. The summed E-state index contributed by atoms with van der Waals surface area (Å²) in [5, 5.41) is 0. The highest BCUT2D eigenvalue weighted by atomic mass is 32.2. The maximum absolute atomic E-state index is 11.3. The Hall–Kier alpha value is -1.55. The van der Waals surface area contributed by atoms with Crippen molar-refractivity contribution in [1.82, 2.24) is 4.98 Å². The van der Waals surface area contributed by atoms with Crippen LogP contribution < -0.4 is 0 Å². The predicted octanol–water partition coefficient (Wildman–Crippen LogP) is 2.39. The van der Waals surface area contributed by atoms with Gasteiger partial charge in [0.2, 0.25) is 0 Å². The van der Waals surface area contributed by atoms with Crippen molar-refractivity contribution < 1.29 is 8.42 Å². The van der Waals surface area contributed by atoms with Crippen molar-refractivity contribution >= 4 is 9.84 Å². The Balaban J connectivity index is 2.45. The van der Waals surface area contributed by atoms with Crippen LogP contribution in [0.1, 0.15) is 5.56 Å². The maximum Gasteiger partial charge on any atom is 0.175 e. The van der Waals surface area contributed by atoms with E-state index in [1.807, 2.05) is 31.3 Å². The third-order valence-corrected chi connectivity index (χ3v) is 3.65. The molecule has 0 unspecified atom stereocenters. The molecule has 1 aromatic heterocycles. The van der Waals surface area contributed by atoms with Crippen LogP contribution in [0, 0.1) is 6.92 Å². The maximum atomic E-state index is 11.3. The second-order valence-electron chi connectivity index (χ2n) is 3.83. The fraction of sp³-hybridized carbons (Fsp3) is 0.167. The molecule has 3 nitrogen and oxygen atoms in total. The van der Waals surface area contributed by atoms with E-state index in [1.165, 1.54) is 6.26 Å². The second-order valence-corrected chi connectivity index (χ2v) is 5.85. The topological polar surface area (TPSA) is 49.9 Å². The Morgan fingerprint density at radius 1 is 1.06 bits per heavy atom. The molecule has 0 radical (unpaired) electrons. The first-order chi connectivity index (χ1) is 7.48. The van der Waals surface area contributed by atoms with E-state index in [0.717, 1.165) is 16.8 Å². The summed E-state index contributed by atoms with van der Waals surface area (Å²) in [4.78, 5) is 3.48. The van der Waals surface area contributed by atoms with Crippen molar-refractivity contribution in [3.05, 3.63) is 42.1 Å².